The number of carboxylic acid groups (broad SMARTS) is 1. The first kappa shape index (κ1) is 75.9. The molecule has 0 spiro atoms. The molecular formula is C81H101N15O12. The molecule has 5 aliphatic heterocycles. The lowest BCUT2D eigenvalue weighted by molar-refractivity contribution is -0.154. The smallest absolute Gasteiger partial charge is 0.414 e. The van der Waals surface area contributed by atoms with Crippen molar-refractivity contribution < 1.29 is 57.6 Å². The van der Waals surface area contributed by atoms with Gasteiger partial charge in [0.2, 0.25) is 11.8 Å². The van der Waals surface area contributed by atoms with Gasteiger partial charge in [-0.2, -0.15) is 5.10 Å². The summed E-state index contributed by atoms with van der Waals surface area (Å²) in [6, 6.07) is 24.6. The van der Waals surface area contributed by atoms with E-state index >= 15 is 0 Å². The van der Waals surface area contributed by atoms with Crippen molar-refractivity contribution in [3.05, 3.63) is 143 Å². The van der Waals surface area contributed by atoms with Crippen LogP contribution >= 0.6 is 0 Å². The van der Waals surface area contributed by atoms with E-state index in [1.165, 1.54) is 21.3 Å². The number of hydrogen-bond acceptors (Lipinski definition) is 18. The van der Waals surface area contributed by atoms with E-state index in [0.29, 0.717) is 44.7 Å². The molecule has 9 aromatic rings. The number of ketones is 1. The second-order valence-corrected chi connectivity index (χ2v) is 30.6. The van der Waals surface area contributed by atoms with Gasteiger partial charge < -0.3 is 53.1 Å². The van der Waals surface area contributed by atoms with Crippen LogP contribution < -0.4 is 25.2 Å². The molecule has 6 aliphatic rings. The van der Waals surface area contributed by atoms with Gasteiger partial charge in [-0.3, -0.25) is 34.0 Å². The van der Waals surface area contributed by atoms with Crippen LogP contribution in [0.1, 0.15) is 170 Å². The number of imidazole rings is 3. The predicted molar refractivity (Wildman–Crippen MR) is 409 cm³/mol. The van der Waals surface area contributed by atoms with Gasteiger partial charge in [-0.25, -0.2) is 39.1 Å². The first-order chi connectivity index (χ1) is 52.0. The Hall–Kier alpha value is -10.3. The summed E-state index contributed by atoms with van der Waals surface area (Å²) in [6.45, 7) is 18.0. The van der Waals surface area contributed by atoms with E-state index in [4.69, 9.17) is 49.4 Å². The van der Waals surface area contributed by atoms with Crippen molar-refractivity contribution in [3.8, 4) is 5.88 Å². The third kappa shape index (κ3) is 16.1. The molecule has 1 aliphatic carbocycles. The summed E-state index contributed by atoms with van der Waals surface area (Å²) in [5, 5.41) is 13.7. The number of Topliss-reactive ketones (excluding diaryl/α,β-unsaturated/α-hetero) is 1. The van der Waals surface area contributed by atoms with Crippen molar-refractivity contribution >= 4 is 86.1 Å². The molecule has 4 aromatic carbocycles. The molecule has 3 N–H and O–H groups in total. The number of fused-ring (bicyclic) bond motifs is 9. The Morgan fingerprint density at radius 3 is 1.69 bits per heavy atom. The Morgan fingerprint density at radius 2 is 1.17 bits per heavy atom. The molecule has 0 unspecified atom stereocenters. The number of nitrogens with two attached hydrogens (primary N) is 1. The third-order valence-electron chi connectivity index (χ3n) is 22.3. The second-order valence-electron chi connectivity index (χ2n) is 30.6. The summed E-state index contributed by atoms with van der Waals surface area (Å²) in [6.07, 6.45) is 17.9. The molecule has 2 saturated heterocycles. The highest BCUT2D eigenvalue weighted by Gasteiger charge is 2.38. The quantitative estimate of drug-likeness (QED) is 0.0849. The third-order valence-corrected chi connectivity index (χ3v) is 22.3. The highest BCUT2D eigenvalue weighted by atomic mass is 16.6. The number of carbonyl (C=O) groups is 6. The largest absolute Gasteiger partial charge is 0.479 e. The number of benzene rings is 4. The molecule has 5 aromatic heterocycles. The topological polar surface area (TPSA) is 305 Å². The summed E-state index contributed by atoms with van der Waals surface area (Å²) in [7, 11) is 4.24. The average Bonchev–Trinajstić information content (AvgIpc) is 1.57. The maximum atomic E-state index is 12.7. The van der Waals surface area contributed by atoms with Crippen LogP contribution in [-0.2, 0) is 84.9 Å². The predicted octanol–water partition coefficient (Wildman–Crippen LogP) is 12.4. The van der Waals surface area contributed by atoms with Gasteiger partial charge >= 0.3 is 24.2 Å². The van der Waals surface area contributed by atoms with Crippen molar-refractivity contribution in [1.29, 1.82) is 0 Å². The SMILES string of the molecule is COC(=O)N1c2ccc3c(nc(CCn4cccn4)n3CCN3CC[C@H](C(N)=O)C3)c2CC[C@@H]1C.COC(=O)N1c2ccc3c(nc(Cc4ccccc4)n3[C@@H]3CC[C@@H](C(=O)O)OC3)c2CC[C@@H]1C.COC(=O)N1c2ccc3c(nc(Cc4cncc(OC(C)(C)C)n4)n3[C@@H]3CCC[C@@H](C(C)=O)C3)c2CC[C@@H]1C. The molecule has 108 heavy (non-hydrogen) atoms. The van der Waals surface area contributed by atoms with E-state index in [-0.39, 0.29) is 77.6 Å². The number of ether oxygens (including phenoxy) is 5. The lowest BCUT2D eigenvalue weighted by atomic mass is 9.83. The molecule has 0 radical (unpaired) electrons. The number of anilines is 3. The van der Waals surface area contributed by atoms with Crippen LogP contribution in [0.15, 0.2) is 97.6 Å². The minimum absolute atomic E-state index is 0.00316. The Labute approximate surface area is 629 Å². The number of aryl methyl sites for hydroxylation is 5. The minimum Gasteiger partial charge on any atom is -0.479 e. The van der Waals surface area contributed by atoms with Gasteiger partial charge in [0.05, 0.1) is 108 Å². The van der Waals surface area contributed by atoms with E-state index in [1.807, 2.05) is 101 Å². The standard InChI is InChI=1S/C30H39N5O4.C26H29N3O5.C25H33N7O3/c1-18-10-11-23-24(34(18)29(37)38-6)12-13-25-28(23)33-26(35(25)22-9-7-8-20(14-22)19(2)36)15-21-16-31-17-27(32-21)39-30(3,4)5;1-16-8-10-19-20(28(16)26(32)33-2)11-12-21-24(19)27-23(14-17-6-4-3-5-7-17)29(21)18-9-13-22(25(30)31)34-15-18;1-17-4-5-19-20(32(17)25(34)35-2)6-7-21-23(19)28-22(9-13-30-11-3-10-27-30)31(21)15-14-29-12-8-18(16-29)24(26)33/h12-13,16-18,20,22H,7-11,14-15H2,1-6H3;3-7,11-12,16,18,22H,8-10,13-15H2,1-2H3,(H,30,31);3,6-7,10-11,17-18H,4-5,8-9,12-16H2,1-2H3,(H2,26,33)/t18-,20+,22+;16-,18+,22-;17-,18-/m000/s1. The molecule has 1 saturated carbocycles. The lowest BCUT2D eigenvalue weighted by Gasteiger charge is -2.34. The van der Waals surface area contributed by atoms with Crippen LogP contribution in [0.25, 0.3) is 33.1 Å². The number of carboxylic acids is 1. The van der Waals surface area contributed by atoms with E-state index in [0.717, 1.165) is 199 Å². The first-order valence-corrected chi connectivity index (χ1v) is 38.0. The molecule has 4 amide bonds. The summed E-state index contributed by atoms with van der Waals surface area (Å²) < 4.78 is 35.7. The van der Waals surface area contributed by atoms with E-state index in [2.05, 4.69) is 52.9 Å². The molecule has 27 nitrogen and oxygen atoms in total. The van der Waals surface area contributed by atoms with Crippen LogP contribution in [0, 0.1) is 11.8 Å². The van der Waals surface area contributed by atoms with E-state index in [9.17, 15) is 33.9 Å². The van der Waals surface area contributed by atoms with Gasteiger partial charge in [0.25, 0.3) is 0 Å². The average molecular weight is 1480 g/mol. The zero-order chi connectivity index (χ0) is 76.2. The highest BCUT2D eigenvalue weighted by Crippen LogP contribution is 2.44. The zero-order valence-corrected chi connectivity index (χ0v) is 63.7. The Kier molecular flexibility index (Phi) is 23.0. The van der Waals surface area contributed by atoms with Gasteiger partial charge in [0.15, 0.2) is 6.10 Å². The second kappa shape index (κ2) is 32.7. The van der Waals surface area contributed by atoms with E-state index in [1.54, 1.807) is 40.2 Å². The Balaban J connectivity index is 0.000000143. The molecule has 15 rings (SSSR count). The van der Waals surface area contributed by atoms with Crippen LogP contribution in [0.3, 0.4) is 0 Å². The van der Waals surface area contributed by atoms with Crippen molar-refractivity contribution in [2.75, 3.05) is 62.3 Å². The number of aromatic nitrogens is 10. The summed E-state index contributed by atoms with van der Waals surface area (Å²) >= 11 is 0. The fourth-order valence-electron chi connectivity index (χ4n) is 16.8. The van der Waals surface area contributed by atoms with Gasteiger partial charge in [-0.05, 0) is 180 Å². The summed E-state index contributed by atoms with van der Waals surface area (Å²) in [5.41, 5.74) is 18.7. The normalized spacial score (nSPS) is 21.4. The molecule has 27 heteroatoms. The van der Waals surface area contributed by atoms with Crippen molar-refractivity contribution in [2.45, 2.75) is 206 Å². The molecule has 3 fully saturated rings. The van der Waals surface area contributed by atoms with Gasteiger partial charge in [-0.1, -0.05) is 36.8 Å². The van der Waals surface area contributed by atoms with Crippen molar-refractivity contribution in [1.82, 2.24) is 53.3 Å². The number of primary amides is 1. The fourth-order valence-corrected chi connectivity index (χ4v) is 16.8. The van der Waals surface area contributed by atoms with Crippen LogP contribution in [-0.4, -0.2) is 172 Å². The Bertz CT molecular complexity index is 4770. The number of nitrogens with zero attached hydrogens (tertiary/aromatic N) is 14. The first-order valence-electron chi connectivity index (χ1n) is 38.0. The lowest BCUT2D eigenvalue weighted by Crippen LogP contribution is -2.42. The number of carbonyl (C=O) groups excluding carboxylic acids is 5. The molecule has 10 heterocycles. The maximum Gasteiger partial charge on any atom is 0.414 e. The Morgan fingerprint density at radius 1 is 0.602 bits per heavy atom. The van der Waals surface area contributed by atoms with Gasteiger partial charge in [-0.15, -0.1) is 0 Å². The molecular weight excluding hydrogens is 1370 g/mol. The fraction of sp³-hybridized carbons (Fsp3) is 0.506. The number of aliphatic carboxylic acids is 1. The van der Waals surface area contributed by atoms with Crippen LogP contribution in [0.2, 0.25) is 0 Å². The number of hydrogen-bond donors (Lipinski definition) is 2. The number of rotatable bonds is 16. The molecule has 8 atom stereocenters. The maximum absolute atomic E-state index is 12.7. The number of methoxy groups -OCH3 is 3. The minimum atomic E-state index is -0.912. The van der Waals surface area contributed by atoms with Gasteiger partial charge in [0.1, 0.15) is 28.9 Å². The number of likely N-dealkylation sites (tertiary alicyclic amines) is 1. The molecule has 572 valence electrons. The van der Waals surface area contributed by atoms with Crippen LogP contribution in [0.5, 0.6) is 5.88 Å². The molecule has 0 bridgehead atoms. The highest BCUT2D eigenvalue weighted by molar-refractivity contribution is 5.98. The zero-order valence-electron chi connectivity index (χ0n) is 63.7. The monoisotopic (exact) mass is 1480 g/mol. The number of amides is 4. The van der Waals surface area contributed by atoms with Gasteiger partial charge in [0, 0.05) is 104 Å². The van der Waals surface area contributed by atoms with Crippen molar-refractivity contribution in [2.24, 2.45) is 17.6 Å². The van der Waals surface area contributed by atoms with E-state index < -0.39 is 12.1 Å². The summed E-state index contributed by atoms with van der Waals surface area (Å²) in [5.74, 6) is 2.41. The summed E-state index contributed by atoms with van der Waals surface area (Å²) in [4.78, 5) is 105. The van der Waals surface area contributed by atoms with Crippen molar-refractivity contribution in [3.63, 3.8) is 0 Å². The van der Waals surface area contributed by atoms with Crippen LogP contribution in [0.4, 0.5) is 31.4 Å².